The van der Waals surface area contributed by atoms with Crippen molar-refractivity contribution in [2.45, 2.75) is 27.2 Å². The van der Waals surface area contributed by atoms with Gasteiger partial charge in [-0.15, -0.1) is 0 Å². The van der Waals surface area contributed by atoms with Crippen LogP contribution in [0.3, 0.4) is 0 Å². The number of aromatic nitrogens is 1. The number of ether oxygens (including phenoxy) is 2. The van der Waals surface area contributed by atoms with E-state index >= 15 is 0 Å². The number of amides is 1. The summed E-state index contributed by atoms with van der Waals surface area (Å²) < 4.78 is 16.0. The predicted octanol–water partition coefficient (Wildman–Crippen LogP) is 3.27. The normalized spacial score (nSPS) is 10.8. The van der Waals surface area contributed by atoms with Crippen molar-refractivity contribution in [2.24, 2.45) is 0 Å². The molecule has 0 aliphatic rings. The third-order valence-electron chi connectivity index (χ3n) is 4.50. The maximum absolute atomic E-state index is 12.6. The molecule has 0 saturated carbocycles. The van der Waals surface area contributed by atoms with Gasteiger partial charge in [-0.25, -0.2) is 9.78 Å². The molecular formula is C20H20N2O6S. The van der Waals surface area contributed by atoms with E-state index in [0.717, 1.165) is 11.3 Å². The Morgan fingerprint density at radius 1 is 1.21 bits per heavy atom. The molecule has 2 heterocycles. The minimum atomic E-state index is -0.628. The molecule has 0 atom stereocenters. The van der Waals surface area contributed by atoms with Crippen LogP contribution in [0.5, 0.6) is 11.5 Å². The summed E-state index contributed by atoms with van der Waals surface area (Å²) in [7, 11) is 2.95. The Balaban J connectivity index is 1.94. The number of ketones is 1. The first-order chi connectivity index (χ1) is 13.8. The Hall–Kier alpha value is -3.20. The van der Waals surface area contributed by atoms with E-state index in [0.29, 0.717) is 38.2 Å². The highest BCUT2D eigenvalue weighted by Crippen LogP contribution is 2.36. The highest BCUT2D eigenvalue weighted by Gasteiger charge is 2.20. The van der Waals surface area contributed by atoms with E-state index in [-0.39, 0.29) is 23.4 Å². The molecule has 0 bridgehead atoms. The van der Waals surface area contributed by atoms with Gasteiger partial charge in [-0.3, -0.25) is 9.59 Å². The number of benzene rings is 1. The van der Waals surface area contributed by atoms with Crippen molar-refractivity contribution in [2.75, 3.05) is 19.5 Å². The topological polar surface area (TPSA) is 108 Å². The fraction of sp³-hybridized carbons (Fsp3) is 0.300. The number of anilines is 1. The first-order valence-corrected chi connectivity index (χ1v) is 9.54. The van der Waals surface area contributed by atoms with Crippen molar-refractivity contribution in [1.82, 2.24) is 4.98 Å². The third-order valence-corrected chi connectivity index (χ3v) is 5.67. The first-order valence-electron chi connectivity index (χ1n) is 8.72. The summed E-state index contributed by atoms with van der Waals surface area (Å²) >= 11 is 1.10. The number of nitrogens with zero attached hydrogens (tertiary/aromatic N) is 1. The van der Waals surface area contributed by atoms with Crippen molar-refractivity contribution in [3.63, 3.8) is 0 Å². The van der Waals surface area contributed by atoms with Gasteiger partial charge in [0, 0.05) is 12.3 Å². The Labute approximate surface area is 170 Å². The molecule has 0 fully saturated rings. The molecule has 0 radical (unpaired) electrons. The number of Topliss-reactive ketones (excluding diaryl/α,β-unsaturated/α-hetero) is 1. The highest BCUT2D eigenvalue weighted by molar-refractivity contribution is 7.17. The molecule has 1 amide bonds. The second-order valence-corrected chi connectivity index (χ2v) is 7.38. The number of rotatable bonds is 6. The molecule has 3 rings (SSSR count). The number of carbonyl (C=O) groups is 2. The van der Waals surface area contributed by atoms with Crippen LogP contribution in [0.2, 0.25) is 0 Å². The molecule has 8 nitrogen and oxygen atoms in total. The average molecular weight is 416 g/mol. The Bertz CT molecular complexity index is 1180. The molecule has 0 unspecified atom stereocenters. The summed E-state index contributed by atoms with van der Waals surface area (Å²) in [6.07, 6.45) is -0.188. The smallest absolute Gasteiger partial charge is 0.340 e. The van der Waals surface area contributed by atoms with Crippen molar-refractivity contribution in [3.8, 4) is 11.5 Å². The van der Waals surface area contributed by atoms with Gasteiger partial charge in [-0.2, -0.15) is 0 Å². The molecule has 3 aromatic rings. The molecule has 2 aromatic heterocycles. The van der Waals surface area contributed by atoms with Gasteiger partial charge in [0.25, 0.3) is 0 Å². The van der Waals surface area contributed by atoms with Crippen LogP contribution < -0.4 is 20.4 Å². The van der Waals surface area contributed by atoms with Gasteiger partial charge in [0.2, 0.25) is 11.7 Å². The number of fused-ring (bicyclic) bond motifs is 1. The Morgan fingerprint density at radius 2 is 1.93 bits per heavy atom. The third kappa shape index (κ3) is 3.86. The molecule has 0 saturated heterocycles. The first kappa shape index (κ1) is 20.5. The maximum Gasteiger partial charge on any atom is 0.340 e. The predicted molar refractivity (Wildman–Crippen MR) is 110 cm³/mol. The van der Waals surface area contributed by atoms with Gasteiger partial charge in [-0.1, -0.05) is 11.3 Å². The zero-order chi connectivity index (χ0) is 21.3. The molecular weight excluding hydrogens is 396 g/mol. The second kappa shape index (κ2) is 8.04. The number of thiazole rings is 1. The standard InChI is InChI=1S/C20H20N2O6S/c1-9-12-6-7-14(26-4)17(27-5)16(12)28-19(25)13(9)8-15(24)22-20-21-10(2)18(29-20)11(3)23/h6-7H,8H2,1-5H3,(H,21,22,24). The monoisotopic (exact) mass is 416 g/mol. The van der Waals surface area contributed by atoms with Gasteiger partial charge in [0.15, 0.2) is 22.2 Å². The lowest BCUT2D eigenvalue weighted by Crippen LogP contribution is -2.20. The number of hydrogen-bond acceptors (Lipinski definition) is 8. The van der Waals surface area contributed by atoms with Crippen LogP contribution >= 0.6 is 11.3 Å². The minimum Gasteiger partial charge on any atom is -0.493 e. The molecule has 152 valence electrons. The minimum absolute atomic E-state index is 0.115. The van der Waals surface area contributed by atoms with Gasteiger partial charge in [0.1, 0.15) is 0 Å². The van der Waals surface area contributed by atoms with E-state index < -0.39 is 11.5 Å². The summed E-state index contributed by atoms with van der Waals surface area (Å²) in [5.74, 6) is 0.213. The largest absolute Gasteiger partial charge is 0.493 e. The fourth-order valence-electron chi connectivity index (χ4n) is 3.07. The molecule has 29 heavy (non-hydrogen) atoms. The fourth-order valence-corrected chi connectivity index (χ4v) is 3.95. The SMILES string of the molecule is COc1ccc2c(C)c(CC(=O)Nc3nc(C)c(C(C)=O)s3)c(=O)oc2c1OC. The van der Waals surface area contributed by atoms with Crippen LogP contribution in [0, 0.1) is 13.8 Å². The van der Waals surface area contributed by atoms with Crippen LogP contribution in [0.1, 0.15) is 33.4 Å². The van der Waals surface area contributed by atoms with E-state index in [4.69, 9.17) is 13.9 Å². The average Bonchev–Trinajstić information content (AvgIpc) is 3.04. The number of aryl methyl sites for hydroxylation is 2. The van der Waals surface area contributed by atoms with Crippen LogP contribution in [0.25, 0.3) is 11.0 Å². The van der Waals surface area contributed by atoms with Crippen molar-refractivity contribution in [1.29, 1.82) is 0 Å². The van der Waals surface area contributed by atoms with Gasteiger partial charge in [-0.05, 0) is 31.5 Å². The zero-order valence-electron chi connectivity index (χ0n) is 16.7. The maximum atomic E-state index is 12.6. The summed E-state index contributed by atoms with van der Waals surface area (Å²) in [6, 6.07) is 3.46. The number of methoxy groups -OCH3 is 2. The van der Waals surface area contributed by atoms with Crippen LogP contribution in [-0.4, -0.2) is 30.9 Å². The molecule has 1 aromatic carbocycles. The summed E-state index contributed by atoms with van der Waals surface area (Å²) in [4.78, 5) is 41.3. The van der Waals surface area contributed by atoms with Crippen molar-refractivity contribution in [3.05, 3.63) is 44.3 Å². The van der Waals surface area contributed by atoms with E-state index in [9.17, 15) is 14.4 Å². The van der Waals surface area contributed by atoms with Gasteiger partial charge in [0.05, 0.1) is 36.8 Å². The number of carbonyl (C=O) groups excluding carboxylic acids is 2. The van der Waals surface area contributed by atoms with Crippen LogP contribution in [0.15, 0.2) is 21.3 Å². The zero-order valence-corrected chi connectivity index (χ0v) is 17.5. The second-order valence-electron chi connectivity index (χ2n) is 6.39. The van der Waals surface area contributed by atoms with E-state index in [1.54, 1.807) is 26.0 Å². The van der Waals surface area contributed by atoms with E-state index in [1.807, 2.05) is 0 Å². The molecule has 0 spiro atoms. The van der Waals surface area contributed by atoms with Crippen molar-refractivity contribution >= 4 is 39.1 Å². The molecule has 0 aliphatic heterocycles. The Morgan fingerprint density at radius 3 is 2.52 bits per heavy atom. The highest BCUT2D eigenvalue weighted by atomic mass is 32.1. The lowest BCUT2D eigenvalue weighted by atomic mass is 10.0. The molecule has 1 N–H and O–H groups in total. The van der Waals surface area contributed by atoms with E-state index in [1.165, 1.54) is 21.1 Å². The molecule has 0 aliphatic carbocycles. The van der Waals surface area contributed by atoms with Gasteiger partial charge >= 0.3 is 5.63 Å². The van der Waals surface area contributed by atoms with E-state index in [2.05, 4.69) is 10.3 Å². The van der Waals surface area contributed by atoms with Crippen molar-refractivity contribution < 1.29 is 23.5 Å². The summed E-state index contributed by atoms with van der Waals surface area (Å²) in [5, 5.41) is 3.60. The van der Waals surface area contributed by atoms with Crippen LogP contribution in [0.4, 0.5) is 5.13 Å². The Kier molecular flexibility index (Phi) is 5.69. The van der Waals surface area contributed by atoms with Gasteiger partial charge < -0.3 is 19.2 Å². The lowest BCUT2D eigenvalue weighted by molar-refractivity contribution is -0.115. The lowest BCUT2D eigenvalue weighted by Gasteiger charge is -2.12. The number of nitrogens with one attached hydrogen (secondary N) is 1. The summed E-state index contributed by atoms with van der Waals surface area (Å²) in [6.45, 7) is 4.89. The molecule has 9 heteroatoms. The number of hydrogen-bond donors (Lipinski definition) is 1. The summed E-state index contributed by atoms with van der Waals surface area (Å²) in [5.41, 5.74) is 1.05. The quantitative estimate of drug-likeness (QED) is 0.485. The van der Waals surface area contributed by atoms with Crippen LogP contribution in [-0.2, 0) is 11.2 Å².